The lowest BCUT2D eigenvalue weighted by Crippen LogP contribution is -2.49. The Hall–Kier alpha value is -1.69. The van der Waals surface area contributed by atoms with E-state index in [0.29, 0.717) is 11.7 Å². The van der Waals surface area contributed by atoms with Gasteiger partial charge in [0, 0.05) is 44.0 Å². The molecule has 1 fully saturated rings. The fourth-order valence-electron chi connectivity index (χ4n) is 2.53. The maximum absolute atomic E-state index is 13.5. The van der Waals surface area contributed by atoms with Crippen LogP contribution in [0.4, 0.5) is 15.8 Å². The van der Waals surface area contributed by atoms with Crippen molar-refractivity contribution in [2.45, 2.75) is 26.3 Å². The molecule has 0 saturated carbocycles. The normalized spacial score (nSPS) is 18.1. The van der Waals surface area contributed by atoms with Gasteiger partial charge in [0.15, 0.2) is 0 Å². The predicted molar refractivity (Wildman–Crippen MR) is 76.6 cm³/mol. The van der Waals surface area contributed by atoms with E-state index in [-0.39, 0.29) is 5.69 Å². The summed E-state index contributed by atoms with van der Waals surface area (Å²) >= 11 is 0. The van der Waals surface area contributed by atoms with E-state index in [9.17, 15) is 14.5 Å². The van der Waals surface area contributed by atoms with Crippen LogP contribution in [0.3, 0.4) is 0 Å². The summed E-state index contributed by atoms with van der Waals surface area (Å²) in [6, 6.07) is 4.31. The average molecular weight is 281 g/mol. The molecule has 0 spiro atoms. The van der Waals surface area contributed by atoms with Crippen molar-refractivity contribution >= 4 is 11.4 Å². The van der Waals surface area contributed by atoms with Crippen molar-refractivity contribution in [2.75, 3.05) is 31.1 Å². The molecule has 110 valence electrons. The molecule has 1 aromatic rings. The van der Waals surface area contributed by atoms with E-state index in [2.05, 4.69) is 18.7 Å². The third-order valence-electron chi connectivity index (χ3n) is 3.97. The molecule has 0 aliphatic carbocycles. The Balaban J connectivity index is 2.09. The van der Waals surface area contributed by atoms with Crippen molar-refractivity contribution in [2.24, 2.45) is 0 Å². The molecule has 1 saturated heterocycles. The highest BCUT2D eigenvalue weighted by Gasteiger charge is 2.22. The quantitative estimate of drug-likeness (QED) is 0.629. The Kier molecular flexibility index (Phi) is 4.54. The van der Waals surface area contributed by atoms with Gasteiger partial charge in [0.1, 0.15) is 5.82 Å². The molecule has 2 rings (SSSR count). The van der Waals surface area contributed by atoms with Crippen LogP contribution >= 0.6 is 0 Å². The number of non-ortho nitro benzene ring substituents is 1. The SMILES string of the molecule is CCC(C)N1CCN(c2cc(F)cc([N+](=O)[O-])c2)CC1. The van der Waals surface area contributed by atoms with Crippen molar-refractivity contribution in [3.63, 3.8) is 0 Å². The van der Waals surface area contributed by atoms with Gasteiger partial charge in [-0.1, -0.05) is 6.92 Å². The van der Waals surface area contributed by atoms with Crippen LogP contribution in [0.1, 0.15) is 20.3 Å². The average Bonchev–Trinajstić information content (AvgIpc) is 2.46. The molecule has 1 heterocycles. The third kappa shape index (κ3) is 3.25. The lowest BCUT2D eigenvalue weighted by atomic mass is 10.1. The highest BCUT2D eigenvalue weighted by molar-refractivity contribution is 5.54. The van der Waals surface area contributed by atoms with Gasteiger partial charge in [0.2, 0.25) is 0 Å². The first-order valence-corrected chi connectivity index (χ1v) is 6.95. The lowest BCUT2D eigenvalue weighted by Gasteiger charge is -2.38. The van der Waals surface area contributed by atoms with Crippen LogP contribution in [0.25, 0.3) is 0 Å². The van der Waals surface area contributed by atoms with Gasteiger partial charge in [-0.15, -0.1) is 0 Å². The van der Waals surface area contributed by atoms with E-state index in [4.69, 9.17) is 0 Å². The summed E-state index contributed by atoms with van der Waals surface area (Å²) in [5.74, 6) is -0.557. The van der Waals surface area contributed by atoms with E-state index in [1.807, 2.05) is 4.90 Å². The fraction of sp³-hybridized carbons (Fsp3) is 0.571. The minimum Gasteiger partial charge on any atom is -0.369 e. The third-order valence-corrected chi connectivity index (χ3v) is 3.97. The zero-order valence-electron chi connectivity index (χ0n) is 11.9. The molecule has 20 heavy (non-hydrogen) atoms. The molecule has 6 heteroatoms. The minimum absolute atomic E-state index is 0.190. The van der Waals surface area contributed by atoms with Crippen molar-refractivity contribution < 1.29 is 9.31 Å². The number of nitrogens with zero attached hydrogens (tertiary/aromatic N) is 3. The van der Waals surface area contributed by atoms with E-state index >= 15 is 0 Å². The summed E-state index contributed by atoms with van der Waals surface area (Å²) in [5.41, 5.74) is 0.407. The predicted octanol–water partition coefficient (Wildman–Crippen LogP) is 2.65. The van der Waals surface area contributed by atoms with Crippen LogP contribution < -0.4 is 4.90 Å². The highest BCUT2D eigenvalue weighted by atomic mass is 19.1. The summed E-state index contributed by atoms with van der Waals surface area (Å²) in [7, 11) is 0. The fourth-order valence-corrected chi connectivity index (χ4v) is 2.53. The van der Waals surface area contributed by atoms with E-state index in [1.54, 1.807) is 0 Å². The van der Waals surface area contributed by atoms with Gasteiger partial charge < -0.3 is 4.90 Å². The van der Waals surface area contributed by atoms with Gasteiger partial charge in [0.05, 0.1) is 11.0 Å². The molecular weight excluding hydrogens is 261 g/mol. The summed E-state index contributed by atoms with van der Waals surface area (Å²) in [6.07, 6.45) is 1.10. The number of nitro groups is 1. The number of nitro benzene ring substituents is 1. The zero-order chi connectivity index (χ0) is 14.7. The number of piperazine rings is 1. The molecule has 1 aliphatic rings. The smallest absolute Gasteiger partial charge is 0.274 e. The van der Waals surface area contributed by atoms with Gasteiger partial charge in [-0.05, 0) is 19.4 Å². The maximum atomic E-state index is 13.5. The number of anilines is 1. The number of rotatable bonds is 4. The van der Waals surface area contributed by atoms with Crippen molar-refractivity contribution in [1.82, 2.24) is 4.90 Å². The number of benzene rings is 1. The highest BCUT2D eigenvalue weighted by Crippen LogP contribution is 2.24. The summed E-state index contributed by atoms with van der Waals surface area (Å²) in [5, 5.41) is 10.8. The minimum atomic E-state index is -0.557. The maximum Gasteiger partial charge on any atom is 0.274 e. The van der Waals surface area contributed by atoms with Crippen LogP contribution in [-0.4, -0.2) is 42.0 Å². The molecule has 1 unspecified atom stereocenters. The van der Waals surface area contributed by atoms with E-state index in [0.717, 1.165) is 38.7 Å². The Labute approximate surface area is 118 Å². The Morgan fingerprint density at radius 2 is 1.95 bits per heavy atom. The zero-order valence-corrected chi connectivity index (χ0v) is 11.9. The van der Waals surface area contributed by atoms with Crippen LogP contribution in [0.2, 0.25) is 0 Å². The summed E-state index contributed by atoms with van der Waals surface area (Å²) in [6.45, 7) is 7.70. The van der Waals surface area contributed by atoms with Crippen LogP contribution in [0, 0.1) is 15.9 Å². The van der Waals surface area contributed by atoms with Gasteiger partial charge in [-0.3, -0.25) is 15.0 Å². The first-order chi connectivity index (χ1) is 9.51. The lowest BCUT2D eigenvalue weighted by molar-refractivity contribution is -0.385. The largest absolute Gasteiger partial charge is 0.369 e. The standard InChI is InChI=1S/C14H20FN3O2/c1-3-11(2)16-4-6-17(7-5-16)13-8-12(15)9-14(10-13)18(19)20/h8-11H,3-7H2,1-2H3. The molecular formula is C14H20FN3O2. The number of hydrogen-bond acceptors (Lipinski definition) is 4. The second-order valence-electron chi connectivity index (χ2n) is 5.21. The van der Waals surface area contributed by atoms with Gasteiger partial charge in [0.25, 0.3) is 5.69 Å². The van der Waals surface area contributed by atoms with Gasteiger partial charge in [-0.25, -0.2) is 4.39 Å². The molecule has 0 bridgehead atoms. The molecule has 0 radical (unpaired) electrons. The molecule has 1 atom stereocenters. The molecule has 1 aromatic carbocycles. The summed E-state index contributed by atoms with van der Waals surface area (Å²) < 4.78 is 13.5. The Bertz CT molecular complexity index is 487. The first-order valence-electron chi connectivity index (χ1n) is 6.95. The molecule has 0 amide bonds. The first kappa shape index (κ1) is 14.7. The van der Waals surface area contributed by atoms with E-state index < -0.39 is 10.7 Å². The second kappa shape index (κ2) is 6.17. The molecule has 5 nitrogen and oxygen atoms in total. The van der Waals surface area contributed by atoms with Gasteiger partial charge in [-0.2, -0.15) is 0 Å². The van der Waals surface area contributed by atoms with Crippen LogP contribution in [0.15, 0.2) is 18.2 Å². The Morgan fingerprint density at radius 1 is 1.30 bits per heavy atom. The van der Waals surface area contributed by atoms with E-state index in [1.165, 1.54) is 12.1 Å². The molecule has 0 N–H and O–H groups in total. The van der Waals surface area contributed by atoms with Crippen molar-refractivity contribution in [1.29, 1.82) is 0 Å². The monoisotopic (exact) mass is 281 g/mol. The van der Waals surface area contributed by atoms with Crippen molar-refractivity contribution in [3.8, 4) is 0 Å². The molecule has 1 aliphatic heterocycles. The van der Waals surface area contributed by atoms with Crippen LogP contribution in [-0.2, 0) is 0 Å². The Morgan fingerprint density at radius 3 is 2.50 bits per heavy atom. The number of hydrogen-bond donors (Lipinski definition) is 0. The van der Waals surface area contributed by atoms with Crippen LogP contribution in [0.5, 0.6) is 0 Å². The molecule has 0 aromatic heterocycles. The van der Waals surface area contributed by atoms with Crippen molar-refractivity contribution in [3.05, 3.63) is 34.1 Å². The number of halogens is 1. The summed E-state index contributed by atoms with van der Waals surface area (Å²) in [4.78, 5) is 14.6. The topological polar surface area (TPSA) is 49.6 Å². The second-order valence-corrected chi connectivity index (χ2v) is 5.21. The van der Waals surface area contributed by atoms with Gasteiger partial charge >= 0.3 is 0 Å².